The third-order valence-corrected chi connectivity index (χ3v) is 4.95. The third-order valence-electron chi connectivity index (χ3n) is 4.95. The standard InChI is InChI=1S/C20H23N3O4/c1-12(19(25)21-13-6-7-13)27-18(24)11-10-17-22-16-5-3-2-4-15(16)20(26)23(17)14-8-9-14/h2-5,12-14H,6-11H2,1H3,(H,21,25). The summed E-state index contributed by atoms with van der Waals surface area (Å²) in [6.07, 6.45) is 3.46. The van der Waals surface area contributed by atoms with Crippen molar-refractivity contribution in [3.63, 3.8) is 0 Å². The number of benzene rings is 1. The molecule has 2 aromatic rings. The number of esters is 1. The van der Waals surface area contributed by atoms with Crippen molar-refractivity contribution >= 4 is 22.8 Å². The summed E-state index contributed by atoms with van der Waals surface area (Å²) in [5.41, 5.74) is 0.587. The van der Waals surface area contributed by atoms with E-state index >= 15 is 0 Å². The van der Waals surface area contributed by atoms with Crippen LogP contribution in [0.4, 0.5) is 0 Å². The lowest BCUT2D eigenvalue weighted by Gasteiger charge is -2.15. The molecule has 0 saturated heterocycles. The number of ether oxygens (including phenoxy) is 1. The fourth-order valence-electron chi connectivity index (χ4n) is 3.15. The van der Waals surface area contributed by atoms with Crippen LogP contribution in [0.5, 0.6) is 0 Å². The maximum Gasteiger partial charge on any atom is 0.307 e. The molecule has 1 heterocycles. The molecule has 7 nitrogen and oxygen atoms in total. The minimum Gasteiger partial charge on any atom is -0.453 e. The number of carbonyl (C=O) groups excluding carboxylic acids is 2. The number of fused-ring (bicyclic) bond motifs is 1. The number of amides is 1. The number of hydrogen-bond donors (Lipinski definition) is 1. The Morgan fingerprint density at radius 3 is 2.70 bits per heavy atom. The Kier molecular flexibility index (Phi) is 4.68. The molecular formula is C20H23N3O4. The molecule has 2 aliphatic rings. The van der Waals surface area contributed by atoms with Crippen LogP contribution in [0.15, 0.2) is 29.1 Å². The van der Waals surface area contributed by atoms with Gasteiger partial charge in [0, 0.05) is 18.5 Å². The highest BCUT2D eigenvalue weighted by Gasteiger charge is 2.29. The molecule has 2 saturated carbocycles. The van der Waals surface area contributed by atoms with Crippen molar-refractivity contribution in [2.75, 3.05) is 0 Å². The van der Waals surface area contributed by atoms with Crippen molar-refractivity contribution in [1.29, 1.82) is 0 Å². The molecule has 2 fully saturated rings. The van der Waals surface area contributed by atoms with E-state index in [1.165, 1.54) is 0 Å². The smallest absolute Gasteiger partial charge is 0.307 e. The van der Waals surface area contributed by atoms with Gasteiger partial charge in [-0.1, -0.05) is 12.1 Å². The van der Waals surface area contributed by atoms with Gasteiger partial charge in [-0.15, -0.1) is 0 Å². The highest BCUT2D eigenvalue weighted by molar-refractivity contribution is 5.84. The highest BCUT2D eigenvalue weighted by atomic mass is 16.5. The molecule has 1 atom stereocenters. The van der Waals surface area contributed by atoms with E-state index in [0.29, 0.717) is 23.1 Å². The summed E-state index contributed by atoms with van der Waals surface area (Å²) in [7, 11) is 0. The SMILES string of the molecule is CC(OC(=O)CCc1nc2ccccc2c(=O)n1C1CC1)C(=O)NC1CC1. The van der Waals surface area contributed by atoms with Crippen molar-refractivity contribution in [3.8, 4) is 0 Å². The number of nitrogens with one attached hydrogen (secondary N) is 1. The van der Waals surface area contributed by atoms with Crippen molar-refractivity contribution < 1.29 is 14.3 Å². The topological polar surface area (TPSA) is 90.3 Å². The molecular weight excluding hydrogens is 346 g/mol. The van der Waals surface area contributed by atoms with Gasteiger partial charge in [0.05, 0.1) is 17.3 Å². The van der Waals surface area contributed by atoms with Gasteiger partial charge in [0.1, 0.15) is 5.82 Å². The van der Waals surface area contributed by atoms with Crippen LogP contribution in [-0.4, -0.2) is 33.6 Å². The third kappa shape index (κ3) is 4.02. The minimum atomic E-state index is -0.812. The first kappa shape index (κ1) is 17.7. The molecule has 0 aliphatic heterocycles. The van der Waals surface area contributed by atoms with Gasteiger partial charge in [-0.2, -0.15) is 0 Å². The number of para-hydroxylation sites is 1. The molecule has 2 aliphatic carbocycles. The van der Waals surface area contributed by atoms with Gasteiger partial charge in [0.2, 0.25) is 0 Å². The molecule has 27 heavy (non-hydrogen) atoms. The first-order chi connectivity index (χ1) is 13.0. The summed E-state index contributed by atoms with van der Waals surface area (Å²) in [6, 6.07) is 7.65. The molecule has 0 bridgehead atoms. The molecule has 1 N–H and O–H groups in total. The zero-order chi connectivity index (χ0) is 19.0. The van der Waals surface area contributed by atoms with Crippen LogP contribution in [0.3, 0.4) is 0 Å². The van der Waals surface area contributed by atoms with Crippen LogP contribution in [0, 0.1) is 0 Å². The van der Waals surface area contributed by atoms with E-state index in [2.05, 4.69) is 10.3 Å². The molecule has 1 unspecified atom stereocenters. The van der Waals surface area contributed by atoms with Crippen LogP contribution in [0.1, 0.15) is 50.9 Å². The molecule has 1 amide bonds. The van der Waals surface area contributed by atoms with Gasteiger partial charge >= 0.3 is 5.97 Å². The van der Waals surface area contributed by atoms with Gasteiger partial charge in [0.25, 0.3) is 11.5 Å². The van der Waals surface area contributed by atoms with E-state index in [-0.39, 0.29) is 30.0 Å². The molecule has 0 spiro atoms. The van der Waals surface area contributed by atoms with E-state index in [0.717, 1.165) is 25.7 Å². The summed E-state index contributed by atoms with van der Waals surface area (Å²) in [5, 5.41) is 3.42. The van der Waals surface area contributed by atoms with E-state index in [4.69, 9.17) is 4.74 Å². The second kappa shape index (κ2) is 7.13. The summed E-state index contributed by atoms with van der Waals surface area (Å²) in [6.45, 7) is 1.57. The van der Waals surface area contributed by atoms with Gasteiger partial charge < -0.3 is 10.1 Å². The van der Waals surface area contributed by atoms with Crippen LogP contribution in [-0.2, 0) is 20.7 Å². The number of rotatable bonds is 7. The second-order valence-corrected chi connectivity index (χ2v) is 7.37. The monoisotopic (exact) mass is 369 g/mol. The van der Waals surface area contributed by atoms with E-state index in [1.54, 1.807) is 23.6 Å². The highest BCUT2D eigenvalue weighted by Crippen LogP contribution is 2.34. The Labute approximate surface area is 156 Å². The second-order valence-electron chi connectivity index (χ2n) is 7.37. The largest absolute Gasteiger partial charge is 0.453 e. The number of nitrogens with zero attached hydrogens (tertiary/aromatic N) is 2. The maximum atomic E-state index is 12.8. The van der Waals surface area contributed by atoms with E-state index in [1.807, 2.05) is 12.1 Å². The fraction of sp³-hybridized carbons (Fsp3) is 0.500. The predicted molar refractivity (Wildman–Crippen MR) is 99.3 cm³/mol. The Hall–Kier alpha value is -2.70. The summed E-state index contributed by atoms with van der Waals surface area (Å²) < 4.78 is 6.95. The zero-order valence-corrected chi connectivity index (χ0v) is 15.3. The normalized spacial score (nSPS) is 17.5. The van der Waals surface area contributed by atoms with Crippen molar-refractivity contribution in [2.24, 2.45) is 0 Å². The first-order valence-corrected chi connectivity index (χ1v) is 9.53. The zero-order valence-electron chi connectivity index (χ0n) is 15.3. The van der Waals surface area contributed by atoms with Gasteiger partial charge in [0.15, 0.2) is 6.10 Å². The van der Waals surface area contributed by atoms with E-state index in [9.17, 15) is 14.4 Å². The fourth-order valence-corrected chi connectivity index (χ4v) is 3.15. The molecule has 142 valence electrons. The Balaban J connectivity index is 1.45. The maximum absolute atomic E-state index is 12.8. The number of hydrogen-bond acceptors (Lipinski definition) is 5. The van der Waals surface area contributed by atoms with Crippen molar-refractivity contribution in [2.45, 2.75) is 63.6 Å². The van der Waals surface area contributed by atoms with Gasteiger partial charge in [-0.25, -0.2) is 4.98 Å². The molecule has 4 rings (SSSR count). The average Bonchev–Trinajstić information content (AvgIpc) is 3.55. The number of aromatic nitrogens is 2. The molecule has 0 radical (unpaired) electrons. The molecule has 1 aromatic heterocycles. The van der Waals surface area contributed by atoms with Crippen LogP contribution in [0.25, 0.3) is 10.9 Å². The lowest BCUT2D eigenvalue weighted by atomic mass is 10.2. The lowest BCUT2D eigenvalue weighted by molar-refractivity contribution is -0.154. The van der Waals surface area contributed by atoms with Crippen molar-refractivity contribution in [1.82, 2.24) is 14.9 Å². The predicted octanol–water partition coefficient (Wildman–Crippen LogP) is 1.87. The van der Waals surface area contributed by atoms with E-state index < -0.39 is 12.1 Å². The minimum absolute atomic E-state index is 0.0522. The van der Waals surface area contributed by atoms with Gasteiger partial charge in [-0.3, -0.25) is 19.0 Å². The average molecular weight is 369 g/mol. The van der Waals surface area contributed by atoms with Gasteiger partial charge in [-0.05, 0) is 44.7 Å². The van der Waals surface area contributed by atoms with Crippen molar-refractivity contribution in [3.05, 3.63) is 40.4 Å². The quantitative estimate of drug-likeness (QED) is 0.753. The molecule has 1 aromatic carbocycles. The summed E-state index contributed by atoms with van der Waals surface area (Å²) >= 11 is 0. The Bertz CT molecular complexity index is 944. The van der Waals surface area contributed by atoms with Crippen LogP contribution < -0.4 is 10.9 Å². The van der Waals surface area contributed by atoms with Crippen LogP contribution >= 0.6 is 0 Å². The summed E-state index contributed by atoms with van der Waals surface area (Å²) in [4.78, 5) is 41.5. The lowest BCUT2D eigenvalue weighted by Crippen LogP contribution is -2.37. The number of aryl methyl sites for hydroxylation is 1. The Morgan fingerprint density at radius 1 is 1.26 bits per heavy atom. The van der Waals surface area contributed by atoms with Crippen LogP contribution in [0.2, 0.25) is 0 Å². The first-order valence-electron chi connectivity index (χ1n) is 9.53. The summed E-state index contributed by atoms with van der Waals surface area (Å²) in [5.74, 6) is -0.115. The molecule has 7 heteroatoms. The number of carbonyl (C=O) groups is 2. The Morgan fingerprint density at radius 2 is 2.00 bits per heavy atom.